The molecule has 1 saturated carbocycles. The molecular formula is C18H29N. The molecule has 1 aliphatic carbocycles. The van der Waals surface area contributed by atoms with Crippen molar-refractivity contribution in [1.82, 2.24) is 5.32 Å². The molecule has 0 unspecified atom stereocenters. The summed E-state index contributed by atoms with van der Waals surface area (Å²) in [5.74, 6) is 0. The maximum absolute atomic E-state index is 3.63. The van der Waals surface area contributed by atoms with Gasteiger partial charge in [0, 0.05) is 6.04 Å². The summed E-state index contributed by atoms with van der Waals surface area (Å²) in [6, 6.07) is 10.0. The van der Waals surface area contributed by atoms with E-state index in [4.69, 9.17) is 0 Å². The minimum atomic E-state index is 0.450. The summed E-state index contributed by atoms with van der Waals surface area (Å²) in [6.07, 6.45) is 7.70. The first kappa shape index (κ1) is 14.6. The van der Waals surface area contributed by atoms with Crippen molar-refractivity contribution in [2.24, 2.45) is 5.41 Å². The van der Waals surface area contributed by atoms with Crippen LogP contribution < -0.4 is 5.32 Å². The van der Waals surface area contributed by atoms with Crippen molar-refractivity contribution in [3.8, 4) is 0 Å². The van der Waals surface area contributed by atoms with Gasteiger partial charge in [0.25, 0.3) is 0 Å². The molecule has 1 aliphatic rings. The molecule has 106 valence electrons. The second-order valence-electron chi connectivity index (χ2n) is 6.81. The van der Waals surface area contributed by atoms with E-state index < -0.39 is 0 Å². The van der Waals surface area contributed by atoms with Crippen molar-refractivity contribution in [3.05, 3.63) is 35.4 Å². The first-order valence-corrected chi connectivity index (χ1v) is 7.90. The van der Waals surface area contributed by atoms with E-state index in [2.05, 4.69) is 50.4 Å². The molecule has 0 aliphatic heterocycles. The smallest absolute Gasteiger partial charge is 0.00682 e. The molecule has 0 aromatic heterocycles. The highest BCUT2D eigenvalue weighted by atomic mass is 14.9. The van der Waals surface area contributed by atoms with Crippen molar-refractivity contribution >= 4 is 0 Å². The van der Waals surface area contributed by atoms with E-state index in [0.717, 1.165) is 12.5 Å². The van der Waals surface area contributed by atoms with Gasteiger partial charge in [0.15, 0.2) is 0 Å². The van der Waals surface area contributed by atoms with Gasteiger partial charge in [0.2, 0.25) is 0 Å². The van der Waals surface area contributed by atoms with Crippen LogP contribution >= 0.6 is 0 Å². The van der Waals surface area contributed by atoms with E-state index in [-0.39, 0.29) is 0 Å². The maximum Gasteiger partial charge on any atom is 0.00682 e. The number of hydrogen-bond donors (Lipinski definition) is 1. The SMILES string of the molecule is CCc1ccc(CCC(C)(C)CCNC2CC2)cc1. The lowest BCUT2D eigenvalue weighted by molar-refractivity contribution is 0.302. The number of benzene rings is 1. The van der Waals surface area contributed by atoms with Crippen LogP contribution in [0.2, 0.25) is 0 Å². The molecule has 2 rings (SSSR count). The van der Waals surface area contributed by atoms with E-state index in [1.165, 1.54) is 49.8 Å². The van der Waals surface area contributed by atoms with Gasteiger partial charge in [0.1, 0.15) is 0 Å². The summed E-state index contributed by atoms with van der Waals surface area (Å²) in [6.45, 7) is 8.21. The van der Waals surface area contributed by atoms with Crippen LogP contribution in [-0.4, -0.2) is 12.6 Å². The van der Waals surface area contributed by atoms with Gasteiger partial charge in [-0.2, -0.15) is 0 Å². The standard InChI is InChI=1S/C18H29N/c1-4-15-5-7-16(8-6-15)11-12-18(2,3)13-14-19-17-9-10-17/h5-8,17,19H,4,9-14H2,1-3H3. The van der Waals surface area contributed by atoms with Crippen LogP contribution in [0, 0.1) is 5.41 Å². The predicted octanol–water partition coefficient (Wildman–Crippen LogP) is 4.35. The Morgan fingerprint density at radius 1 is 1.05 bits per heavy atom. The summed E-state index contributed by atoms with van der Waals surface area (Å²) in [4.78, 5) is 0. The molecule has 1 aromatic carbocycles. The molecule has 1 nitrogen and oxygen atoms in total. The van der Waals surface area contributed by atoms with Gasteiger partial charge in [-0.05, 0) is 61.6 Å². The third-order valence-corrected chi connectivity index (χ3v) is 4.33. The van der Waals surface area contributed by atoms with Crippen molar-refractivity contribution in [3.63, 3.8) is 0 Å². The normalized spacial score (nSPS) is 15.7. The van der Waals surface area contributed by atoms with Crippen LogP contribution in [0.1, 0.15) is 57.6 Å². The van der Waals surface area contributed by atoms with Gasteiger partial charge in [-0.15, -0.1) is 0 Å². The fraction of sp³-hybridized carbons (Fsp3) is 0.667. The van der Waals surface area contributed by atoms with Crippen molar-refractivity contribution in [1.29, 1.82) is 0 Å². The molecule has 0 bridgehead atoms. The van der Waals surface area contributed by atoms with E-state index in [0.29, 0.717) is 5.41 Å². The van der Waals surface area contributed by atoms with Crippen LogP contribution in [0.4, 0.5) is 0 Å². The van der Waals surface area contributed by atoms with Crippen LogP contribution in [0.3, 0.4) is 0 Å². The number of rotatable bonds is 8. The quantitative estimate of drug-likeness (QED) is 0.732. The average Bonchev–Trinajstić information content (AvgIpc) is 3.21. The molecule has 1 heteroatoms. The maximum atomic E-state index is 3.63. The lowest BCUT2D eigenvalue weighted by Gasteiger charge is -2.25. The van der Waals surface area contributed by atoms with Crippen molar-refractivity contribution in [2.75, 3.05) is 6.54 Å². The summed E-state index contributed by atoms with van der Waals surface area (Å²) in [5.41, 5.74) is 3.38. The molecule has 1 N–H and O–H groups in total. The molecule has 19 heavy (non-hydrogen) atoms. The van der Waals surface area contributed by atoms with E-state index in [1.54, 1.807) is 0 Å². The fourth-order valence-electron chi connectivity index (χ4n) is 2.45. The third kappa shape index (κ3) is 5.36. The van der Waals surface area contributed by atoms with Gasteiger partial charge >= 0.3 is 0 Å². The molecule has 0 heterocycles. The zero-order valence-electron chi connectivity index (χ0n) is 12.8. The highest BCUT2D eigenvalue weighted by Crippen LogP contribution is 2.27. The van der Waals surface area contributed by atoms with Gasteiger partial charge in [-0.1, -0.05) is 45.0 Å². The zero-order valence-corrected chi connectivity index (χ0v) is 12.8. The fourth-order valence-corrected chi connectivity index (χ4v) is 2.45. The Hall–Kier alpha value is -0.820. The summed E-state index contributed by atoms with van der Waals surface area (Å²) >= 11 is 0. The molecular weight excluding hydrogens is 230 g/mol. The summed E-state index contributed by atoms with van der Waals surface area (Å²) in [5, 5.41) is 3.63. The largest absolute Gasteiger partial charge is 0.314 e. The van der Waals surface area contributed by atoms with Gasteiger partial charge < -0.3 is 5.32 Å². The Balaban J connectivity index is 1.71. The number of aryl methyl sites for hydroxylation is 2. The van der Waals surface area contributed by atoms with E-state index >= 15 is 0 Å². The van der Waals surface area contributed by atoms with Gasteiger partial charge in [-0.25, -0.2) is 0 Å². The minimum absolute atomic E-state index is 0.450. The Kier molecular flexibility index (Phi) is 5.04. The van der Waals surface area contributed by atoms with Crippen LogP contribution in [-0.2, 0) is 12.8 Å². The molecule has 1 aromatic rings. The molecule has 0 atom stereocenters. The molecule has 0 saturated heterocycles. The Labute approximate surface area is 118 Å². The highest BCUT2D eigenvalue weighted by Gasteiger charge is 2.22. The second-order valence-corrected chi connectivity index (χ2v) is 6.81. The molecule has 0 radical (unpaired) electrons. The second kappa shape index (κ2) is 6.56. The molecule has 1 fully saturated rings. The Morgan fingerprint density at radius 3 is 2.26 bits per heavy atom. The van der Waals surface area contributed by atoms with Crippen LogP contribution in [0.5, 0.6) is 0 Å². The Morgan fingerprint density at radius 2 is 1.68 bits per heavy atom. The first-order valence-electron chi connectivity index (χ1n) is 7.90. The van der Waals surface area contributed by atoms with Gasteiger partial charge in [0.05, 0.1) is 0 Å². The highest BCUT2D eigenvalue weighted by molar-refractivity contribution is 5.22. The van der Waals surface area contributed by atoms with E-state index in [1.807, 2.05) is 0 Å². The Bertz CT molecular complexity index is 373. The third-order valence-electron chi connectivity index (χ3n) is 4.33. The van der Waals surface area contributed by atoms with Crippen molar-refractivity contribution < 1.29 is 0 Å². The van der Waals surface area contributed by atoms with Gasteiger partial charge in [-0.3, -0.25) is 0 Å². The summed E-state index contributed by atoms with van der Waals surface area (Å²) in [7, 11) is 0. The lowest BCUT2D eigenvalue weighted by Crippen LogP contribution is -2.24. The number of nitrogens with one attached hydrogen (secondary N) is 1. The van der Waals surface area contributed by atoms with E-state index in [9.17, 15) is 0 Å². The first-order chi connectivity index (χ1) is 9.09. The minimum Gasteiger partial charge on any atom is -0.314 e. The zero-order chi connectivity index (χ0) is 13.7. The van der Waals surface area contributed by atoms with Crippen LogP contribution in [0.15, 0.2) is 24.3 Å². The average molecular weight is 259 g/mol. The lowest BCUT2D eigenvalue weighted by atomic mass is 9.83. The summed E-state index contributed by atoms with van der Waals surface area (Å²) < 4.78 is 0. The van der Waals surface area contributed by atoms with Crippen LogP contribution in [0.25, 0.3) is 0 Å². The number of hydrogen-bond acceptors (Lipinski definition) is 1. The van der Waals surface area contributed by atoms with Crippen molar-refractivity contribution in [2.45, 2.75) is 65.3 Å². The topological polar surface area (TPSA) is 12.0 Å². The monoisotopic (exact) mass is 259 g/mol. The predicted molar refractivity (Wildman–Crippen MR) is 83.6 cm³/mol. The molecule has 0 amide bonds. The molecule has 0 spiro atoms.